The molecule has 0 aliphatic rings. The summed E-state index contributed by atoms with van der Waals surface area (Å²) in [5.41, 5.74) is 1.51. The van der Waals surface area contributed by atoms with E-state index in [1.807, 2.05) is 0 Å². The van der Waals surface area contributed by atoms with Crippen molar-refractivity contribution in [2.45, 2.75) is 17.2 Å². The van der Waals surface area contributed by atoms with E-state index in [1.165, 1.54) is 11.6 Å². The van der Waals surface area contributed by atoms with Crippen LogP contribution in [0.5, 0.6) is 0 Å². The minimum Gasteiger partial charge on any atom is -0.298 e. The van der Waals surface area contributed by atoms with E-state index >= 15 is 0 Å². The molecular formula is C10H11Cl3O. The van der Waals surface area contributed by atoms with Gasteiger partial charge in [-0.05, 0) is 6.92 Å². The van der Waals surface area contributed by atoms with Crippen LogP contribution < -0.4 is 0 Å². The summed E-state index contributed by atoms with van der Waals surface area (Å²) in [6, 6.07) is 0. The third-order valence-corrected chi connectivity index (χ3v) is 3.01. The summed E-state index contributed by atoms with van der Waals surface area (Å²) in [5, 5.41) is -0.451. The van der Waals surface area contributed by atoms with Gasteiger partial charge in [0.05, 0.1) is 10.3 Å². The lowest BCUT2D eigenvalue weighted by Gasteiger charge is -2.20. The van der Waals surface area contributed by atoms with Crippen LogP contribution in [0.1, 0.15) is 6.92 Å². The Morgan fingerprint density at radius 2 is 2.14 bits per heavy atom. The highest BCUT2D eigenvalue weighted by Crippen LogP contribution is 2.26. The average Bonchev–Trinajstić information content (AvgIpc) is 2.19. The molecular weight excluding hydrogens is 242 g/mol. The topological polar surface area (TPSA) is 17.1 Å². The van der Waals surface area contributed by atoms with Crippen molar-refractivity contribution in [1.82, 2.24) is 0 Å². The van der Waals surface area contributed by atoms with Crippen LogP contribution in [0.25, 0.3) is 0 Å². The maximum Gasteiger partial charge on any atom is 0.150 e. The van der Waals surface area contributed by atoms with Crippen LogP contribution in [-0.2, 0) is 4.79 Å². The van der Waals surface area contributed by atoms with E-state index in [9.17, 15) is 4.79 Å². The summed E-state index contributed by atoms with van der Waals surface area (Å²) in [4.78, 5) is 9.63. The normalized spacial score (nSPS) is 19.0. The first-order chi connectivity index (χ1) is 6.47. The fraction of sp³-hybridized carbons (Fsp3) is 0.300. The van der Waals surface area contributed by atoms with E-state index in [0.717, 1.165) is 0 Å². The predicted octanol–water partition coefficient (Wildman–Crippen LogP) is 3.66. The van der Waals surface area contributed by atoms with Gasteiger partial charge in [-0.2, -0.15) is 0 Å². The Kier molecular flexibility index (Phi) is 6.17. The molecule has 0 aliphatic heterocycles. The molecule has 0 aliphatic carbocycles. The average molecular weight is 254 g/mol. The molecule has 0 bridgehead atoms. The molecule has 0 aromatic heterocycles. The lowest BCUT2D eigenvalue weighted by molar-refractivity contribution is -0.104. The van der Waals surface area contributed by atoms with Crippen molar-refractivity contribution in [2.24, 2.45) is 0 Å². The molecule has 0 radical (unpaired) electrons. The van der Waals surface area contributed by atoms with Crippen molar-refractivity contribution in [3.63, 3.8) is 0 Å². The molecule has 0 amide bonds. The third-order valence-electron chi connectivity index (χ3n) is 1.66. The van der Waals surface area contributed by atoms with Gasteiger partial charge in [-0.15, -0.1) is 29.8 Å². The lowest BCUT2D eigenvalue weighted by Crippen LogP contribution is -2.24. The van der Waals surface area contributed by atoms with Crippen molar-refractivity contribution in [3.8, 4) is 0 Å². The van der Waals surface area contributed by atoms with E-state index in [-0.39, 0.29) is 0 Å². The van der Waals surface area contributed by atoms with Gasteiger partial charge < -0.3 is 0 Å². The third kappa shape index (κ3) is 4.32. The molecule has 0 rings (SSSR count). The van der Waals surface area contributed by atoms with Gasteiger partial charge >= 0.3 is 0 Å². The highest BCUT2D eigenvalue weighted by molar-refractivity contribution is 6.34. The molecule has 0 aromatic rings. The van der Waals surface area contributed by atoms with Crippen LogP contribution in [0.4, 0.5) is 0 Å². The number of hydrogen-bond donors (Lipinski definition) is 0. The molecule has 4 heteroatoms. The number of halogens is 3. The van der Waals surface area contributed by atoms with Crippen LogP contribution in [0.2, 0.25) is 0 Å². The van der Waals surface area contributed by atoms with E-state index < -0.39 is 10.3 Å². The summed E-state index contributed by atoms with van der Waals surface area (Å²) in [6.07, 6.45) is 5.29. The fourth-order valence-electron chi connectivity index (χ4n) is 0.598. The molecule has 2 unspecified atom stereocenters. The van der Waals surface area contributed by atoms with Crippen molar-refractivity contribution in [3.05, 3.63) is 35.9 Å². The number of aldehydes is 1. The summed E-state index contributed by atoms with van der Waals surface area (Å²) >= 11 is 17.3. The molecule has 0 aromatic carbocycles. The number of rotatable bonds is 5. The van der Waals surface area contributed by atoms with Crippen molar-refractivity contribution in [2.75, 3.05) is 0 Å². The molecule has 0 saturated carbocycles. The second kappa shape index (κ2) is 6.28. The molecule has 0 N–H and O–H groups in total. The number of carbonyl (C=O) groups is 1. The Labute approximate surface area is 99.0 Å². The second-order valence-electron chi connectivity index (χ2n) is 2.84. The van der Waals surface area contributed by atoms with E-state index in [4.69, 9.17) is 34.8 Å². The molecule has 0 saturated heterocycles. The Morgan fingerprint density at radius 3 is 2.50 bits per heavy atom. The van der Waals surface area contributed by atoms with Crippen LogP contribution in [0.15, 0.2) is 35.9 Å². The highest BCUT2D eigenvalue weighted by atomic mass is 35.5. The first kappa shape index (κ1) is 13.8. The maximum atomic E-state index is 10.4. The van der Waals surface area contributed by atoms with Gasteiger partial charge in [-0.25, -0.2) is 0 Å². The Hall–Kier alpha value is -0.240. The van der Waals surface area contributed by atoms with Gasteiger partial charge in [0.25, 0.3) is 0 Å². The van der Waals surface area contributed by atoms with E-state index in [2.05, 4.69) is 6.58 Å². The van der Waals surface area contributed by atoms with Gasteiger partial charge in [0.2, 0.25) is 0 Å². The number of carbonyl (C=O) groups excluding carboxylic acids is 1. The van der Waals surface area contributed by atoms with Gasteiger partial charge in [-0.3, -0.25) is 4.79 Å². The minimum absolute atomic E-state index is 0.342. The zero-order chi connectivity index (χ0) is 11.2. The predicted molar refractivity (Wildman–Crippen MR) is 63.2 cm³/mol. The van der Waals surface area contributed by atoms with Crippen molar-refractivity contribution in [1.29, 1.82) is 0 Å². The van der Waals surface area contributed by atoms with Crippen LogP contribution >= 0.6 is 34.8 Å². The summed E-state index contributed by atoms with van der Waals surface area (Å²) < 4.78 is 0. The summed E-state index contributed by atoms with van der Waals surface area (Å²) in [6.45, 7) is 5.29. The Bertz CT molecular complexity index is 267. The number of alkyl halides is 2. The second-order valence-corrected chi connectivity index (χ2v) is 4.35. The van der Waals surface area contributed by atoms with Crippen molar-refractivity contribution < 1.29 is 4.79 Å². The van der Waals surface area contributed by atoms with E-state index in [0.29, 0.717) is 11.9 Å². The molecule has 0 spiro atoms. The monoisotopic (exact) mass is 252 g/mol. The molecule has 0 heterocycles. The van der Waals surface area contributed by atoms with Crippen molar-refractivity contribution >= 4 is 41.1 Å². The van der Waals surface area contributed by atoms with Crippen LogP contribution in [0.3, 0.4) is 0 Å². The Balaban J connectivity index is 4.53. The standard InChI is InChI=1S/C10H11Cl3O/c1-3-10(2,13)9(12)5-4-8(6-11)7-14/h3-7,9H,1H2,2H3. The lowest BCUT2D eigenvalue weighted by atomic mass is 10.1. The SMILES string of the molecule is C=CC(C)(Cl)C(Cl)C=CC(C=O)=CCl. The zero-order valence-corrected chi connectivity index (χ0v) is 9.98. The van der Waals surface area contributed by atoms with E-state index in [1.54, 1.807) is 19.1 Å². The zero-order valence-electron chi connectivity index (χ0n) is 7.71. The first-order valence-electron chi connectivity index (χ1n) is 3.88. The van der Waals surface area contributed by atoms with Crippen LogP contribution in [0, 0.1) is 0 Å². The summed E-state index contributed by atoms with van der Waals surface area (Å²) in [5.74, 6) is 0. The van der Waals surface area contributed by atoms with Gasteiger partial charge in [0.1, 0.15) is 0 Å². The minimum atomic E-state index is -0.738. The summed E-state index contributed by atoms with van der Waals surface area (Å²) in [7, 11) is 0. The number of hydrogen-bond acceptors (Lipinski definition) is 1. The Morgan fingerprint density at radius 1 is 1.57 bits per heavy atom. The van der Waals surface area contributed by atoms with Gasteiger partial charge in [-0.1, -0.05) is 29.8 Å². The molecule has 0 fully saturated rings. The maximum absolute atomic E-state index is 10.4. The van der Waals surface area contributed by atoms with Gasteiger partial charge in [0, 0.05) is 11.1 Å². The smallest absolute Gasteiger partial charge is 0.150 e. The van der Waals surface area contributed by atoms with Crippen LogP contribution in [-0.4, -0.2) is 16.5 Å². The molecule has 1 nitrogen and oxygen atoms in total. The largest absolute Gasteiger partial charge is 0.298 e. The molecule has 78 valence electrons. The fourth-order valence-corrected chi connectivity index (χ4v) is 0.956. The molecule has 14 heavy (non-hydrogen) atoms. The molecule has 2 atom stereocenters. The number of allylic oxidation sites excluding steroid dienone is 4. The quantitative estimate of drug-likeness (QED) is 0.240. The van der Waals surface area contributed by atoms with Gasteiger partial charge in [0.15, 0.2) is 6.29 Å². The highest BCUT2D eigenvalue weighted by Gasteiger charge is 2.24. The first-order valence-corrected chi connectivity index (χ1v) is 5.13.